The van der Waals surface area contributed by atoms with Crippen molar-refractivity contribution in [2.24, 2.45) is 0 Å². The van der Waals surface area contributed by atoms with Crippen LogP contribution in [0.5, 0.6) is 0 Å². The summed E-state index contributed by atoms with van der Waals surface area (Å²) in [5, 5.41) is 0. The van der Waals surface area contributed by atoms with Gasteiger partial charge in [-0.1, -0.05) is 200 Å². The van der Waals surface area contributed by atoms with Gasteiger partial charge in [-0.2, -0.15) is 0 Å². The number of carbonyl (C=O) groups excluding carboxylic acids is 3. The Hall–Kier alpha value is -4.19. The Bertz CT molecular complexity index is 1300. The summed E-state index contributed by atoms with van der Waals surface area (Å²) in [5.41, 5.74) is 0. The van der Waals surface area contributed by atoms with Gasteiger partial charge in [0.15, 0.2) is 6.10 Å². The van der Waals surface area contributed by atoms with Gasteiger partial charge in [-0.25, -0.2) is 0 Å². The zero-order valence-electron chi connectivity index (χ0n) is 37.5. The molecule has 0 heterocycles. The second-order valence-corrected chi connectivity index (χ2v) is 14.8. The Morgan fingerprint density at radius 1 is 0.356 bits per heavy atom. The molecule has 0 spiro atoms. The van der Waals surface area contributed by atoms with Gasteiger partial charge in [-0.3, -0.25) is 14.4 Å². The minimum atomic E-state index is -0.834. The van der Waals surface area contributed by atoms with Crippen molar-refractivity contribution in [2.45, 2.75) is 181 Å². The molecule has 0 bridgehead atoms. The van der Waals surface area contributed by atoms with E-state index < -0.39 is 12.1 Å². The van der Waals surface area contributed by atoms with Gasteiger partial charge in [0.2, 0.25) is 0 Å². The van der Waals surface area contributed by atoms with Crippen molar-refractivity contribution in [3.05, 3.63) is 122 Å². The summed E-state index contributed by atoms with van der Waals surface area (Å²) in [6.07, 6.45) is 63.3. The van der Waals surface area contributed by atoms with Crippen molar-refractivity contribution in [2.75, 3.05) is 13.2 Å². The van der Waals surface area contributed by atoms with Crippen LogP contribution in [0.3, 0.4) is 0 Å². The van der Waals surface area contributed by atoms with Crippen LogP contribution in [0.15, 0.2) is 122 Å². The Morgan fingerprint density at radius 3 is 1.15 bits per heavy atom. The Kier molecular flexibility index (Phi) is 43.2. The highest BCUT2D eigenvalue weighted by Crippen LogP contribution is 2.12. The van der Waals surface area contributed by atoms with Crippen LogP contribution in [0.2, 0.25) is 0 Å². The predicted molar refractivity (Wildman–Crippen MR) is 251 cm³/mol. The molecule has 0 amide bonds. The van der Waals surface area contributed by atoms with E-state index in [1.54, 1.807) is 0 Å². The van der Waals surface area contributed by atoms with Crippen LogP contribution < -0.4 is 0 Å². The molecule has 0 aliphatic heterocycles. The Morgan fingerprint density at radius 2 is 0.695 bits per heavy atom. The molecule has 0 radical (unpaired) electrons. The van der Waals surface area contributed by atoms with Crippen LogP contribution in [0.25, 0.3) is 0 Å². The number of unbranched alkanes of at least 4 members (excludes halogenated alkanes) is 15. The molecule has 0 fully saturated rings. The average Bonchev–Trinajstić information content (AvgIpc) is 3.23. The molecule has 0 aliphatic carbocycles. The van der Waals surface area contributed by atoms with Crippen LogP contribution in [-0.2, 0) is 28.6 Å². The number of esters is 3. The number of allylic oxidation sites excluding steroid dienone is 20. The molecule has 6 heteroatoms. The summed E-state index contributed by atoms with van der Waals surface area (Å²) in [4.78, 5) is 37.8. The maximum atomic E-state index is 12.7. The molecule has 330 valence electrons. The maximum Gasteiger partial charge on any atom is 0.306 e. The molecule has 0 aromatic rings. The number of ether oxygens (including phenoxy) is 3. The van der Waals surface area contributed by atoms with E-state index in [4.69, 9.17) is 14.2 Å². The fraction of sp³-hybridized carbons (Fsp3) is 0.566. The lowest BCUT2D eigenvalue weighted by Gasteiger charge is -2.18. The summed E-state index contributed by atoms with van der Waals surface area (Å²) in [5.74, 6) is -1.06. The van der Waals surface area contributed by atoms with E-state index in [9.17, 15) is 14.4 Å². The predicted octanol–water partition coefficient (Wildman–Crippen LogP) is 15.0. The molecular weight excluding hydrogens is 733 g/mol. The standard InChI is InChI=1S/C53H82O6/c1-4-7-10-13-16-19-22-25-26-29-31-34-37-40-43-46-52(55)58-49-50(59-53(56)47-44-41-38-35-32-28-24-21-18-15-12-9-6-3)48-57-51(54)45-42-39-36-33-30-27-23-20-17-14-11-8-5-2/h8-9,11-12,14-15,17-24,27-28,30,32,35,38,50H,4-7,10,13,16,25-26,29,31,33-34,36-37,39-49H2,1-3H3/b11-8+,12-9+,17-14+,18-15+,22-19+,23-20+,24-21+,30-27+,32-28+,38-35+. The quantitative estimate of drug-likeness (QED) is 0.0202. The summed E-state index contributed by atoms with van der Waals surface area (Å²) in [6.45, 7) is 6.20. The molecule has 1 atom stereocenters. The lowest BCUT2D eigenvalue weighted by atomic mass is 10.1. The molecule has 0 rings (SSSR count). The van der Waals surface area contributed by atoms with E-state index in [1.165, 1.54) is 64.2 Å². The number of rotatable bonds is 39. The van der Waals surface area contributed by atoms with Crippen molar-refractivity contribution in [1.82, 2.24) is 0 Å². The van der Waals surface area contributed by atoms with Gasteiger partial charge in [0, 0.05) is 19.3 Å². The van der Waals surface area contributed by atoms with Crippen LogP contribution >= 0.6 is 0 Å². The third kappa shape index (κ3) is 44.8. The van der Waals surface area contributed by atoms with Crippen molar-refractivity contribution < 1.29 is 28.6 Å². The molecule has 59 heavy (non-hydrogen) atoms. The number of hydrogen-bond donors (Lipinski definition) is 0. The van der Waals surface area contributed by atoms with E-state index in [1.807, 2.05) is 91.1 Å². The molecule has 0 saturated carbocycles. The van der Waals surface area contributed by atoms with Crippen LogP contribution in [0, 0.1) is 0 Å². The van der Waals surface area contributed by atoms with Gasteiger partial charge in [0.05, 0.1) is 0 Å². The van der Waals surface area contributed by atoms with E-state index in [0.29, 0.717) is 19.3 Å². The normalized spacial score (nSPS) is 13.2. The highest BCUT2D eigenvalue weighted by Gasteiger charge is 2.19. The van der Waals surface area contributed by atoms with Gasteiger partial charge < -0.3 is 14.2 Å². The van der Waals surface area contributed by atoms with Gasteiger partial charge >= 0.3 is 17.9 Å². The smallest absolute Gasteiger partial charge is 0.306 e. The van der Waals surface area contributed by atoms with Crippen molar-refractivity contribution >= 4 is 17.9 Å². The Labute approximate surface area is 361 Å². The zero-order chi connectivity index (χ0) is 43.0. The third-order valence-electron chi connectivity index (χ3n) is 9.15. The summed E-state index contributed by atoms with van der Waals surface area (Å²) < 4.78 is 16.6. The molecule has 0 aliphatic rings. The minimum absolute atomic E-state index is 0.126. The Balaban J connectivity index is 4.58. The number of hydrogen-bond acceptors (Lipinski definition) is 6. The minimum Gasteiger partial charge on any atom is -0.462 e. The van der Waals surface area contributed by atoms with Gasteiger partial charge in [-0.15, -0.1) is 0 Å². The molecule has 0 N–H and O–H groups in total. The maximum absolute atomic E-state index is 12.7. The SMILES string of the molecule is CC/C=C/C=C/C=C/C=C/C=C/CCCC(=O)OC(COC(=O)CCCCC/C=C/C=C/C=C/C=C/CC)COC(=O)CCCCCCCCC/C=C/CCCCCC. The van der Waals surface area contributed by atoms with Gasteiger partial charge in [0.1, 0.15) is 13.2 Å². The molecule has 0 aromatic carbocycles. The lowest BCUT2D eigenvalue weighted by molar-refractivity contribution is -0.167. The second-order valence-electron chi connectivity index (χ2n) is 14.8. The van der Waals surface area contributed by atoms with E-state index in [0.717, 1.165) is 64.2 Å². The first-order valence-corrected chi connectivity index (χ1v) is 23.2. The summed E-state index contributed by atoms with van der Waals surface area (Å²) >= 11 is 0. The molecular formula is C53H82O6. The zero-order valence-corrected chi connectivity index (χ0v) is 37.5. The van der Waals surface area contributed by atoms with Crippen LogP contribution in [0.1, 0.15) is 175 Å². The monoisotopic (exact) mass is 815 g/mol. The van der Waals surface area contributed by atoms with E-state index in [-0.39, 0.29) is 31.6 Å². The average molecular weight is 815 g/mol. The fourth-order valence-electron chi connectivity index (χ4n) is 5.71. The van der Waals surface area contributed by atoms with E-state index in [2.05, 4.69) is 51.2 Å². The first-order chi connectivity index (χ1) is 29.0. The topological polar surface area (TPSA) is 78.9 Å². The van der Waals surface area contributed by atoms with Crippen molar-refractivity contribution in [3.63, 3.8) is 0 Å². The van der Waals surface area contributed by atoms with Crippen LogP contribution in [0.4, 0.5) is 0 Å². The highest BCUT2D eigenvalue weighted by molar-refractivity contribution is 5.71. The van der Waals surface area contributed by atoms with Crippen molar-refractivity contribution in [3.8, 4) is 0 Å². The fourth-order valence-corrected chi connectivity index (χ4v) is 5.71. The molecule has 1 unspecified atom stereocenters. The largest absolute Gasteiger partial charge is 0.462 e. The lowest BCUT2D eigenvalue weighted by Crippen LogP contribution is -2.30. The summed E-state index contributed by atoms with van der Waals surface area (Å²) in [7, 11) is 0. The first kappa shape index (κ1) is 54.8. The second kappa shape index (κ2) is 46.5. The molecule has 0 saturated heterocycles. The van der Waals surface area contributed by atoms with Crippen molar-refractivity contribution in [1.29, 1.82) is 0 Å². The van der Waals surface area contributed by atoms with E-state index >= 15 is 0 Å². The highest BCUT2D eigenvalue weighted by atomic mass is 16.6. The first-order valence-electron chi connectivity index (χ1n) is 23.2. The third-order valence-corrected chi connectivity index (χ3v) is 9.15. The van der Waals surface area contributed by atoms with Gasteiger partial charge in [-0.05, 0) is 77.0 Å². The summed E-state index contributed by atoms with van der Waals surface area (Å²) in [6, 6.07) is 0. The van der Waals surface area contributed by atoms with Crippen LogP contribution in [-0.4, -0.2) is 37.2 Å². The van der Waals surface area contributed by atoms with Gasteiger partial charge in [0.25, 0.3) is 0 Å². The molecule has 6 nitrogen and oxygen atoms in total. The molecule has 0 aromatic heterocycles. The number of carbonyl (C=O) groups is 3.